The van der Waals surface area contributed by atoms with Crippen molar-refractivity contribution in [3.05, 3.63) is 53.6 Å². The van der Waals surface area contributed by atoms with Gasteiger partial charge >= 0.3 is 11.9 Å². The number of cyclic esters (lactones) is 1. The van der Waals surface area contributed by atoms with Crippen LogP contribution in [0.4, 0.5) is 0 Å². The van der Waals surface area contributed by atoms with Gasteiger partial charge in [-0.1, -0.05) is 91.3 Å². The van der Waals surface area contributed by atoms with Crippen LogP contribution in [0.25, 0.3) is 0 Å². The molecule has 1 aliphatic heterocycles. The normalized spacial score (nSPS) is 30.8. The van der Waals surface area contributed by atoms with Crippen molar-refractivity contribution in [2.24, 2.45) is 34.5 Å². The molecule has 3 aliphatic rings. The van der Waals surface area contributed by atoms with E-state index >= 15 is 0 Å². The monoisotopic (exact) mass is 726 g/mol. The lowest BCUT2D eigenvalue weighted by atomic mass is 9.59. The van der Waals surface area contributed by atoms with Crippen molar-refractivity contribution in [3.63, 3.8) is 0 Å². The molecule has 0 radical (unpaired) electrons. The highest BCUT2D eigenvalue weighted by molar-refractivity contribution is 6.49. The first kappa shape index (κ1) is 40.6. The lowest BCUT2D eigenvalue weighted by Gasteiger charge is -2.54. The average Bonchev–Trinajstić information content (AvgIpc) is 3.00. The molecule has 1 fully saturated rings. The molecule has 1 heterocycles. The summed E-state index contributed by atoms with van der Waals surface area (Å²) in [5, 5.41) is 0. The Hall–Kier alpha value is -2.21. The number of benzene rings is 1. The molecule has 2 unspecified atom stereocenters. The highest BCUT2D eigenvalue weighted by Gasteiger charge is 2.55. The van der Waals surface area contributed by atoms with E-state index in [4.69, 9.17) is 23.1 Å². The van der Waals surface area contributed by atoms with Gasteiger partial charge in [0.2, 0.25) is 0 Å². The van der Waals surface area contributed by atoms with Crippen LogP contribution in [0.15, 0.2) is 48.1 Å². The first-order valence-electron chi connectivity index (χ1n) is 19.1. The first-order chi connectivity index (χ1) is 23.2. The third-order valence-corrected chi connectivity index (χ3v) is 12.8. The molecule has 1 aromatic carbocycles. The van der Waals surface area contributed by atoms with Crippen molar-refractivity contribution in [1.29, 1.82) is 0 Å². The summed E-state index contributed by atoms with van der Waals surface area (Å²) in [5.41, 5.74) is 1.57. The fourth-order valence-corrected chi connectivity index (χ4v) is 10.5. The highest BCUT2D eigenvalue weighted by atomic mass is 28.3. The van der Waals surface area contributed by atoms with E-state index in [0.717, 1.165) is 12.0 Å². The third-order valence-electron chi connectivity index (χ3n) is 11.0. The molecule has 0 saturated carbocycles. The number of hydrogen-bond acceptors (Lipinski definition) is 7. The Kier molecular flexibility index (Phi) is 13.2. The zero-order valence-corrected chi connectivity index (χ0v) is 35.5. The van der Waals surface area contributed by atoms with Gasteiger partial charge in [-0.05, 0) is 99.7 Å². The number of carbonyl (C=O) groups excluding carboxylic acids is 2. The standard InChI is InChI=1S/C41H66O7Si2/c1-14-33(44-30-19-15-26(2)16-20-30)37(42)46-34-24-29(39(4,5)6)23-28-18-17-27(3)41(35(28)34,48-50(12)13)22-21-31-25-32(40(7,8)9)36(38(43)45-31)47-49(10)11/h15-20,23,27,29,31-36,49-50H,14,21-22,24-25H2,1-13H3/t27-,29+,31+,32-,33?,34-,35+,36?,41-/m0/s1. The van der Waals surface area contributed by atoms with E-state index in [1.54, 1.807) is 0 Å². The van der Waals surface area contributed by atoms with Crippen LogP contribution in [0.1, 0.15) is 93.1 Å². The van der Waals surface area contributed by atoms with Crippen LogP contribution < -0.4 is 4.74 Å². The van der Waals surface area contributed by atoms with Gasteiger partial charge in [0.25, 0.3) is 0 Å². The molecule has 0 bridgehead atoms. The van der Waals surface area contributed by atoms with Crippen LogP contribution in [0.5, 0.6) is 5.75 Å². The van der Waals surface area contributed by atoms with Gasteiger partial charge in [0.15, 0.2) is 24.2 Å². The van der Waals surface area contributed by atoms with E-state index < -0.39 is 42.0 Å². The Morgan fingerprint density at radius 1 is 1.00 bits per heavy atom. The molecule has 1 aromatic rings. The summed E-state index contributed by atoms with van der Waals surface area (Å²) in [7, 11) is -3.06. The molecule has 0 aromatic heterocycles. The largest absolute Gasteiger partial charge is 0.479 e. The van der Waals surface area contributed by atoms with Gasteiger partial charge in [0.1, 0.15) is 24.1 Å². The Morgan fingerprint density at radius 2 is 1.66 bits per heavy atom. The number of carbonyl (C=O) groups is 2. The number of fused-ring (bicyclic) bond motifs is 1. The fourth-order valence-electron chi connectivity index (χ4n) is 8.21. The zero-order chi connectivity index (χ0) is 37.2. The van der Waals surface area contributed by atoms with Crippen molar-refractivity contribution in [1.82, 2.24) is 0 Å². The van der Waals surface area contributed by atoms with Crippen molar-refractivity contribution >= 4 is 30.0 Å². The minimum absolute atomic E-state index is 0.0197. The number of rotatable bonds is 12. The molecule has 4 rings (SSSR count). The minimum Gasteiger partial charge on any atom is -0.479 e. The Labute approximate surface area is 306 Å². The van der Waals surface area contributed by atoms with Crippen LogP contribution in [0.3, 0.4) is 0 Å². The van der Waals surface area contributed by atoms with E-state index in [-0.39, 0.29) is 52.5 Å². The smallest absolute Gasteiger partial charge is 0.347 e. The van der Waals surface area contributed by atoms with E-state index in [2.05, 4.69) is 92.9 Å². The van der Waals surface area contributed by atoms with Crippen LogP contribution in [0.2, 0.25) is 26.2 Å². The lowest BCUT2D eigenvalue weighted by Crippen LogP contribution is -2.58. The second-order valence-corrected chi connectivity index (χ2v) is 22.5. The number of esters is 2. The summed E-state index contributed by atoms with van der Waals surface area (Å²) in [6.07, 6.45) is 8.39. The summed E-state index contributed by atoms with van der Waals surface area (Å²) in [4.78, 5) is 27.6. The van der Waals surface area contributed by atoms with Gasteiger partial charge < -0.3 is 23.1 Å². The third kappa shape index (κ3) is 9.61. The molecule has 280 valence electrons. The van der Waals surface area contributed by atoms with E-state index in [0.29, 0.717) is 31.4 Å². The zero-order valence-electron chi connectivity index (χ0n) is 33.2. The van der Waals surface area contributed by atoms with Crippen molar-refractivity contribution in [3.8, 4) is 5.75 Å². The fraction of sp³-hybridized carbons (Fsp3) is 0.707. The molecule has 9 heteroatoms. The molecule has 0 N–H and O–H groups in total. The topological polar surface area (TPSA) is 80.3 Å². The van der Waals surface area contributed by atoms with Crippen LogP contribution in [0, 0.1) is 41.4 Å². The number of allylic oxidation sites excluding steroid dienone is 2. The molecule has 0 spiro atoms. The van der Waals surface area contributed by atoms with E-state index in [9.17, 15) is 9.59 Å². The van der Waals surface area contributed by atoms with Gasteiger partial charge in [0.05, 0.1) is 5.60 Å². The maximum absolute atomic E-state index is 14.1. The predicted octanol–water partition coefficient (Wildman–Crippen LogP) is 8.74. The Morgan fingerprint density at radius 3 is 2.22 bits per heavy atom. The quantitative estimate of drug-likeness (QED) is 0.157. The molecule has 2 aliphatic carbocycles. The van der Waals surface area contributed by atoms with E-state index in [1.165, 1.54) is 5.57 Å². The summed E-state index contributed by atoms with van der Waals surface area (Å²) < 4.78 is 32.5. The van der Waals surface area contributed by atoms with Crippen molar-refractivity contribution in [2.45, 2.75) is 151 Å². The van der Waals surface area contributed by atoms with Gasteiger partial charge in [-0.2, -0.15) is 0 Å². The summed E-state index contributed by atoms with van der Waals surface area (Å²) in [6.45, 7) is 28.2. The second kappa shape index (κ2) is 16.2. The molecule has 1 saturated heterocycles. The SMILES string of the molecule is CCC(Oc1ccc(C)cc1)C(=O)O[C@H]1C[C@H](C(C)(C)C)C=C2C=C[C@H](C)[C@](CC[C@@H]3C[C@H](C(C)(C)C)C(O[SiH](C)C)C(=O)O3)(O[SiH](C)C)[C@H]21. The van der Waals surface area contributed by atoms with Gasteiger partial charge in [-0.15, -0.1) is 0 Å². The molecule has 0 amide bonds. The molecular weight excluding hydrogens is 661 g/mol. The molecule has 9 atom stereocenters. The number of hydrogen-bond donors (Lipinski definition) is 0. The van der Waals surface area contributed by atoms with Crippen LogP contribution in [-0.2, 0) is 27.9 Å². The minimum atomic E-state index is -1.61. The Bertz CT molecular complexity index is 1370. The number of aryl methyl sites for hydroxylation is 1. The van der Waals surface area contributed by atoms with Gasteiger partial charge in [0, 0.05) is 17.8 Å². The maximum atomic E-state index is 14.1. The molecule has 50 heavy (non-hydrogen) atoms. The van der Waals surface area contributed by atoms with Crippen molar-refractivity contribution in [2.75, 3.05) is 0 Å². The van der Waals surface area contributed by atoms with E-state index in [1.807, 2.05) is 38.1 Å². The van der Waals surface area contributed by atoms with Crippen LogP contribution >= 0.6 is 0 Å². The predicted molar refractivity (Wildman–Crippen MR) is 206 cm³/mol. The summed E-state index contributed by atoms with van der Waals surface area (Å²) in [5.74, 6) is 0.284. The Balaban J connectivity index is 1.68. The summed E-state index contributed by atoms with van der Waals surface area (Å²) >= 11 is 0. The summed E-state index contributed by atoms with van der Waals surface area (Å²) in [6, 6.07) is 7.79. The molecule has 7 nitrogen and oxygen atoms in total. The lowest BCUT2D eigenvalue weighted by molar-refractivity contribution is -0.180. The average molecular weight is 727 g/mol. The maximum Gasteiger partial charge on any atom is 0.347 e. The van der Waals surface area contributed by atoms with Crippen molar-refractivity contribution < 1.29 is 32.7 Å². The highest BCUT2D eigenvalue weighted by Crippen LogP contribution is 2.53. The van der Waals surface area contributed by atoms with Gasteiger partial charge in [-0.3, -0.25) is 0 Å². The number of ether oxygens (including phenoxy) is 3. The second-order valence-electron chi connectivity index (χ2n) is 17.8. The van der Waals surface area contributed by atoms with Gasteiger partial charge in [-0.25, -0.2) is 9.59 Å². The first-order valence-corrected chi connectivity index (χ1v) is 24.7. The van der Waals surface area contributed by atoms with Crippen LogP contribution in [-0.4, -0.2) is 60.0 Å². The molecular formula is C41H66O7Si2.